The number of Topliss-reactive ketones (excluding diaryl/α,β-unsaturated/α-hetero) is 2. The van der Waals surface area contributed by atoms with Crippen molar-refractivity contribution in [3.8, 4) is 22.6 Å². The van der Waals surface area contributed by atoms with E-state index in [-0.39, 0.29) is 11.6 Å². The molecule has 0 fully saturated rings. The monoisotopic (exact) mass is 726 g/mol. The van der Waals surface area contributed by atoms with Crippen LogP contribution in [-0.2, 0) is 11.2 Å². The van der Waals surface area contributed by atoms with Crippen molar-refractivity contribution in [1.82, 2.24) is 0 Å². The number of ether oxygens (including phenoxy) is 2. The van der Waals surface area contributed by atoms with Gasteiger partial charge in [-0.3, -0.25) is 9.59 Å². The van der Waals surface area contributed by atoms with Crippen LogP contribution in [0.5, 0.6) is 11.5 Å². The van der Waals surface area contributed by atoms with Gasteiger partial charge in [-0.2, -0.15) is 0 Å². The average molecular weight is 727 g/mol. The molecule has 0 radical (unpaired) electrons. The van der Waals surface area contributed by atoms with E-state index < -0.39 is 23.0 Å². The van der Waals surface area contributed by atoms with Crippen LogP contribution >= 0.6 is 0 Å². The van der Waals surface area contributed by atoms with Crippen LogP contribution in [-0.4, -0.2) is 11.6 Å². The van der Waals surface area contributed by atoms with Crippen molar-refractivity contribution in [2.45, 2.75) is 150 Å². The van der Waals surface area contributed by atoms with Crippen LogP contribution in [0, 0.1) is 123 Å². The first kappa shape index (κ1) is 39.5. The maximum atomic E-state index is 15.0. The summed E-state index contributed by atoms with van der Waals surface area (Å²) in [7, 11) is 0. The molecule has 4 nitrogen and oxygen atoms in total. The Morgan fingerprint density at radius 2 is 0.611 bits per heavy atom. The number of carbonyl (C=O) groups excluding carboxylic acids is 2. The first-order chi connectivity index (χ1) is 24.9. The van der Waals surface area contributed by atoms with Crippen LogP contribution in [0.3, 0.4) is 0 Å². The number of fused-ring (bicyclic) bond motifs is 2. The molecule has 2 aliphatic heterocycles. The number of rotatable bonds is 3. The quantitative estimate of drug-likeness (QED) is 0.211. The van der Waals surface area contributed by atoms with Crippen molar-refractivity contribution < 1.29 is 19.1 Å². The molecular formula is C50H62O4. The Labute approximate surface area is 325 Å². The molecule has 54 heavy (non-hydrogen) atoms. The molecule has 6 rings (SSSR count). The van der Waals surface area contributed by atoms with Crippen LogP contribution < -0.4 is 9.47 Å². The molecule has 0 saturated carbocycles. The normalized spacial score (nSPS) is 22.2. The zero-order valence-corrected chi connectivity index (χ0v) is 36.8. The van der Waals surface area contributed by atoms with E-state index in [2.05, 4.69) is 118 Å². The maximum absolute atomic E-state index is 15.0. The fourth-order valence-corrected chi connectivity index (χ4v) is 10.3. The van der Waals surface area contributed by atoms with Gasteiger partial charge in [0, 0.05) is 16.7 Å². The molecule has 286 valence electrons. The second kappa shape index (κ2) is 12.7. The van der Waals surface area contributed by atoms with Crippen molar-refractivity contribution in [2.75, 3.05) is 0 Å². The summed E-state index contributed by atoms with van der Waals surface area (Å²) < 4.78 is 14.8. The van der Waals surface area contributed by atoms with Gasteiger partial charge in [0.25, 0.3) is 0 Å². The van der Waals surface area contributed by atoms with Crippen LogP contribution in [0.15, 0.2) is 0 Å². The average Bonchev–Trinajstić information content (AvgIpc) is 3.12. The first-order valence-electron chi connectivity index (χ1n) is 19.8. The molecule has 4 aromatic rings. The minimum Gasteiger partial charge on any atom is -0.481 e. The molecule has 0 aliphatic carbocycles. The second-order valence-electron chi connectivity index (χ2n) is 17.5. The molecule has 0 aromatic heterocycles. The highest BCUT2D eigenvalue weighted by Gasteiger charge is 2.51. The van der Waals surface area contributed by atoms with E-state index in [1.165, 1.54) is 27.8 Å². The number of hydrogen-bond acceptors (Lipinski definition) is 4. The van der Waals surface area contributed by atoms with Crippen LogP contribution in [0.4, 0.5) is 0 Å². The van der Waals surface area contributed by atoms with Gasteiger partial charge in [-0.25, -0.2) is 0 Å². The number of hydrogen-bond donors (Lipinski definition) is 0. The molecule has 2 heterocycles. The summed E-state index contributed by atoms with van der Waals surface area (Å²) in [6, 6.07) is 0. The molecule has 0 amide bonds. The highest BCUT2D eigenvalue weighted by molar-refractivity contribution is 6.07. The van der Waals surface area contributed by atoms with Gasteiger partial charge in [-0.05, 0) is 219 Å². The third-order valence-electron chi connectivity index (χ3n) is 15.4. The van der Waals surface area contributed by atoms with Crippen molar-refractivity contribution in [3.63, 3.8) is 0 Å². The highest BCUT2D eigenvalue weighted by Crippen LogP contribution is 2.56. The lowest BCUT2D eigenvalue weighted by atomic mass is 9.69. The highest BCUT2D eigenvalue weighted by atomic mass is 16.5. The fourth-order valence-electron chi connectivity index (χ4n) is 10.3. The minimum atomic E-state index is -0.942. The van der Waals surface area contributed by atoms with Crippen LogP contribution in [0.1, 0.15) is 149 Å². The second-order valence-corrected chi connectivity index (χ2v) is 17.5. The molecule has 4 aromatic carbocycles. The molecule has 4 atom stereocenters. The van der Waals surface area contributed by atoms with Crippen molar-refractivity contribution in [2.24, 2.45) is 11.8 Å². The summed E-state index contributed by atoms with van der Waals surface area (Å²) in [5.41, 5.74) is 21.8. The van der Waals surface area contributed by atoms with Crippen molar-refractivity contribution in [3.05, 3.63) is 111 Å². The number of carbonyl (C=O) groups is 2. The lowest BCUT2D eigenvalue weighted by Gasteiger charge is -2.45. The van der Waals surface area contributed by atoms with E-state index in [0.29, 0.717) is 22.6 Å². The van der Waals surface area contributed by atoms with E-state index >= 15 is 0 Å². The number of benzene rings is 4. The minimum absolute atomic E-state index is 0.115. The summed E-state index contributed by atoms with van der Waals surface area (Å²) in [4.78, 5) is 29.5. The van der Waals surface area contributed by atoms with Gasteiger partial charge in [0.2, 0.25) is 0 Å². The van der Waals surface area contributed by atoms with Gasteiger partial charge in [0.15, 0.2) is 11.6 Å². The van der Waals surface area contributed by atoms with Crippen LogP contribution in [0.25, 0.3) is 11.1 Å². The molecule has 0 spiro atoms. The Balaban J connectivity index is 1.70. The Bertz CT molecular complexity index is 2360. The summed E-state index contributed by atoms with van der Waals surface area (Å²) >= 11 is 0. The van der Waals surface area contributed by atoms with E-state index in [4.69, 9.17) is 9.47 Å². The summed E-state index contributed by atoms with van der Waals surface area (Å²) in [5, 5.41) is 0. The summed E-state index contributed by atoms with van der Waals surface area (Å²) in [5.74, 6) is 0.757. The molecule has 0 N–H and O–H groups in total. The van der Waals surface area contributed by atoms with Gasteiger partial charge in [-0.1, -0.05) is 13.8 Å². The van der Waals surface area contributed by atoms with Gasteiger partial charge in [0.1, 0.15) is 22.7 Å². The first-order valence-corrected chi connectivity index (χ1v) is 19.8. The molecule has 4 unspecified atom stereocenters. The zero-order valence-electron chi connectivity index (χ0n) is 36.8. The third kappa shape index (κ3) is 4.93. The SMILES string of the molecule is Cc1c(C)c(C)c(C2(C)Oc3c(c(C)c(C)c(C)c3-c3c(C)c(C)c(C)c(C4(C)Oc5c(C)c(C)c(C)c(C)c5C(=O)C4C)c3C)C(=O)C2C)c(C)c1C. The Kier molecular flexibility index (Phi) is 9.28. The lowest BCUT2D eigenvalue weighted by molar-refractivity contribution is 0.0142. The molecule has 0 saturated heterocycles. The number of ketones is 2. The third-order valence-corrected chi connectivity index (χ3v) is 15.4. The fraction of sp³-hybridized carbons (Fsp3) is 0.480. The van der Waals surface area contributed by atoms with Gasteiger partial charge in [0.05, 0.1) is 23.0 Å². The Hall–Kier alpha value is -4.18. The van der Waals surface area contributed by atoms with E-state index in [9.17, 15) is 9.59 Å². The largest absolute Gasteiger partial charge is 0.481 e. The topological polar surface area (TPSA) is 52.6 Å². The van der Waals surface area contributed by atoms with Crippen molar-refractivity contribution in [1.29, 1.82) is 0 Å². The van der Waals surface area contributed by atoms with Gasteiger partial charge >= 0.3 is 0 Å². The summed E-state index contributed by atoms with van der Waals surface area (Å²) in [6.45, 7) is 42.6. The molecule has 4 heteroatoms. The zero-order chi connectivity index (χ0) is 40.6. The van der Waals surface area contributed by atoms with E-state index in [1.807, 2.05) is 20.8 Å². The van der Waals surface area contributed by atoms with Gasteiger partial charge < -0.3 is 9.47 Å². The van der Waals surface area contributed by atoms with E-state index in [1.54, 1.807) is 0 Å². The standard InChI is InChI=1S/C50H62O4/c1-21-23(3)32(12)43(33(13)24(21)4)49(19)38(18)46(52)42-31(11)26(6)29(9)40(48(42)54-49)39-28(8)27(7)34(14)44(36(39)16)50(20)37(17)45(51)41-30(10)22(2)25(5)35(15)47(41)53-50/h37-38H,1-20H3. The smallest absolute Gasteiger partial charge is 0.174 e. The van der Waals surface area contributed by atoms with Crippen LogP contribution in [0.2, 0.25) is 0 Å². The molecule has 0 bridgehead atoms. The molecular weight excluding hydrogens is 665 g/mol. The Morgan fingerprint density at radius 1 is 0.333 bits per heavy atom. The maximum Gasteiger partial charge on any atom is 0.174 e. The lowest BCUT2D eigenvalue weighted by Crippen LogP contribution is -2.47. The Morgan fingerprint density at radius 3 is 1.07 bits per heavy atom. The van der Waals surface area contributed by atoms with E-state index in [0.717, 1.165) is 83.5 Å². The van der Waals surface area contributed by atoms with Gasteiger partial charge in [-0.15, -0.1) is 0 Å². The predicted octanol–water partition coefficient (Wildman–Crippen LogP) is 12.5. The summed E-state index contributed by atoms with van der Waals surface area (Å²) in [6.07, 6.45) is 0. The molecule has 2 aliphatic rings. The van der Waals surface area contributed by atoms with Crippen molar-refractivity contribution >= 4 is 11.6 Å². The predicted molar refractivity (Wildman–Crippen MR) is 224 cm³/mol.